The molecule has 1 unspecified atom stereocenters. The van der Waals surface area contributed by atoms with Crippen molar-refractivity contribution >= 4 is 26.6 Å². The Morgan fingerprint density at radius 1 is 1.36 bits per heavy atom. The van der Waals surface area contributed by atoms with Crippen molar-refractivity contribution in [2.45, 2.75) is 12.5 Å². The molecule has 1 atom stereocenters. The standard InChI is InChI=1S/C15H16N2O4S/c1-21-13-8-16-12-5-3-2-4-11(12)14(13)15(18)17-10-6-7-22(19,20)9-10/h2-5,8,10H,6-7,9H2,1H3,(H,17,18). The number of ether oxygens (including phenoxy) is 1. The van der Waals surface area contributed by atoms with Crippen LogP contribution in [0.1, 0.15) is 16.8 Å². The summed E-state index contributed by atoms with van der Waals surface area (Å²) >= 11 is 0. The quantitative estimate of drug-likeness (QED) is 0.917. The molecular formula is C15H16N2O4S. The Labute approximate surface area is 128 Å². The molecular weight excluding hydrogens is 304 g/mol. The maximum atomic E-state index is 12.6. The van der Waals surface area contributed by atoms with Crippen molar-refractivity contribution in [1.82, 2.24) is 10.3 Å². The van der Waals surface area contributed by atoms with E-state index in [0.717, 1.165) is 0 Å². The summed E-state index contributed by atoms with van der Waals surface area (Å²) in [4.78, 5) is 16.8. The summed E-state index contributed by atoms with van der Waals surface area (Å²) in [7, 11) is -1.56. The number of carbonyl (C=O) groups excluding carboxylic acids is 1. The molecule has 0 aliphatic carbocycles. The lowest BCUT2D eigenvalue weighted by Crippen LogP contribution is -2.35. The predicted octanol–water partition coefficient (Wildman–Crippen LogP) is 1.16. The molecule has 7 heteroatoms. The summed E-state index contributed by atoms with van der Waals surface area (Å²) in [6.07, 6.45) is 1.95. The van der Waals surface area contributed by atoms with Crippen LogP contribution < -0.4 is 10.1 Å². The van der Waals surface area contributed by atoms with Gasteiger partial charge in [-0.2, -0.15) is 0 Å². The zero-order chi connectivity index (χ0) is 15.7. The Balaban J connectivity index is 1.96. The summed E-state index contributed by atoms with van der Waals surface area (Å²) in [6, 6.07) is 6.92. The molecule has 116 valence electrons. The van der Waals surface area contributed by atoms with Gasteiger partial charge in [-0.05, 0) is 12.5 Å². The zero-order valence-corrected chi connectivity index (χ0v) is 12.9. The number of sulfone groups is 1. The molecule has 1 N–H and O–H groups in total. The van der Waals surface area contributed by atoms with Crippen molar-refractivity contribution < 1.29 is 17.9 Å². The Bertz CT molecular complexity index is 833. The van der Waals surface area contributed by atoms with Gasteiger partial charge in [0, 0.05) is 11.4 Å². The molecule has 1 amide bonds. The number of para-hydroxylation sites is 1. The molecule has 1 aliphatic rings. The van der Waals surface area contributed by atoms with Crippen molar-refractivity contribution in [3.05, 3.63) is 36.0 Å². The predicted molar refractivity (Wildman–Crippen MR) is 82.8 cm³/mol. The molecule has 1 saturated heterocycles. The number of aromatic nitrogens is 1. The average Bonchev–Trinajstić information content (AvgIpc) is 2.84. The number of pyridine rings is 1. The van der Waals surface area contributed by atoms with E-state index in [-0.39, 0.29) is 23.5 Å². The Morgan fingerprint density at radius 2 is 2.14 bits per heavy atom. The maximum absolute atomic E-state index is 12.6. The van der Waals surface area contributed by atoms with E-state index in [1.54, 1.807) is 6.07 Å². The van der Waals surface area contributed by atoms with Crippen LogP contribution in [0.3, 0.4) is 0 Å². The van der Waals surface area contributed by atoms with Gasteiger partial charge in [0.2, 0.25) is 0 Å². The van der Waals surface area contributed by atoms with E-state index in [9.17, 15) is 13.2 Å². The number of nitrogens with one attached hydrogen (secondary N) is 1. The van der Waals surface area contributed by atoms with Gasteiger partial charge in [0.15, 0.2) is 15.6 Å². The molecule has 0 saturated carbocycles. The fraction of sp³-hybridized carbons (Fsp3) is 0.333. The van der Waals surface area contributed by atoms with Gasteiger partial charge in [-0.25, -0.2) is 8.42 Å². The van der Waals surface area contributed by atoms with Gasteiger partial charge in [-0.15, -0.1) is 0 Å². The highest BCUT2D eigenvalue weighted by atomic mass is 32.2. The third-order valence-corrected chi connectivity index (χ3v) is 5.52. The minimum absolute atomic E-state index is 0.00985. The van der Waals surface area contributed by atoms with Crippen LogP contribution in [0.4, 0.5) is 0 Å². The SMILES string of the molecule is COc1cnc2ccccc2c1C(=O)NC1CCS(=O)(=O)C1. The van der Waals surface area contributed by atoms with Gasteiger partial charge in [0.05, 0.1) is 35.9 Å². The van der Waals surface area contributed by atoms with Crippen molar-refractivity contribution in [2.75, 3.05) is 18.6 Å². The van der Waals surface area contributed by atoms with Gasteiger partial charge >= 0.3 is 0 Å². The number of fused-ring (bicyclic) bond motifs is 1. The third-order valence-electron chi connectivity index (χ3n) is 3.76. The molecule has 1 fully saturated rings. The van der Waals surface area contributed by atoms with Crippen molar-refractivity contribution in [2.24, 2.45) is 0 Å². The molecule has 1 aromatic carbocycles. The second kappa shape index (κ2) is 5.57. The first kappa shape index (κ1) is 14.8. The first-order chi connectivity index (χ1) is 10.5. The van der Waals surface area contributed by atoms with Crippen molar-refractivity contribution in [3.8, 4) is 5.75 Å². The molecule has 6 nitrogen and oxygen atoms in total. The molecule has 3 rings (SSSR count). The van der Waals surface area contributed by atoms with Crippen LogP contribution in [0, 0.1) is 0 Å². The highest BCUT2D eigenvalue weighted by molar-refractivity contribution is 7.91. The molecule has 22 heavy (non-hydrogen) atoms. The fourth-order valence-corrected chi connectivity index (χ4v) is 4.35. The first-order valence-corrected chi connectivity index (χ1v) is 8.75. The maximum Gasteiger partial charge on any atom is 0.256 e. The number of hydrogen-bond donors (Lipinski definition) is 1. The molecule has 0 spiro atoms. The lowest BCUT2D eigenvalue weighted by Gasteiger charge is -2.14. The van der Waals surface area contributed by atoms with Crippen LogP contribution in [0.2, 0.25) is 0 Å². The monoisotopic (exact) mass is 320 g/mol. The highest BCUT2D eigenvalue weighted by Crippen LogP contribution is 2.26. The number of nitrogens with zero attached hydrogens (tertiary/aromatic N) is 1. The normalized spacial score (nSPS) is 20.0. The molecule has 1 aromatic heterocycles. The van der Waals surface area contributed by atoms with Crippen LogP contribution in [0.5, 0.6) is 5.75 Å². The van der Waals surface area contributed by atoms with E-state index in [4.69, 9.17) is 4.74 Å². The van der Waals surface area contributed by atoms with Gasteiger partial charge in [-0.1, -0.05) is 18.2 Å². The molecule has 1 aliphatic heterocycles. The average molecular weight is 320 g/mol. The van der Waals surface area contributed by atoms with Crippen molar-refractivity contribution in [1.29, 1.82) is 0 Å². The fourth-order valence-electron chi connectivity index (χ4n) is 2.68. The van der Waals surface area contributed by atoms with Gasteiger partial charge in [0.1, 0.15) is 0 Å². The van der Waals surface area contributed by atoms with Crippen LogP contribution in [-0.2, 0) is 9.84 Å². The topological polar surface area (TPSA) is 85.4 Å². The largest absolute Gasteiger partial charge is 0.494 e. The minimum Gasteiger partial charge on any atom is -0.494 e. The number of hydrogen-bond acceptors (Lipinski definition) is 5. The van der Waals surface area contributed by atoms with Crippen molar-refractivity contribution in [3.63, 3.8) is 0 Å². The number of benzene rings is 1. The van der Waals surface area contributed by atoms with E-state index in [1.165, 1.54) is 13.3 Å². The lowest BCUT2D eigenvalue weighted by atomic mass is 10.1. The minimum atomic E-state index is -3.04. The summed E-state index contributed by atoms with van der Waals surface area (Å²) in [6.45, 7) is 0. The van der Waals surface area contributed by atoms with E-state index in [0.29, 0.717) is 28.6 Å². The smallest absolute Gasteiger partial charge is 0.256 e. The van der Waals surface area contributed by atoms with E-state index < -0.39 is 9.84 Å². The van der Waals surface area contributed by atoms with Crippen LogP contribution in [0.15, 0.2) is 30.5 Å². The number of rotatable bonds is 3. The molecule has 2 aromatic rings. The Hall–Kier alpha value is -2.15. The highest BCUT2D eigenvalue weighted by Gasteiger charge is 2.30. The van der Waals surface area contributed by atoms with Gasteiger partial charge in [-0.3, -0.25) is 9.78 Å². The number of carbonyl (C=O) groups is 1. The number of methoxy groups -OCH3 is 1. The van der Waals surface area contributed by atoms with Gasteiger partial charge in [0.25, 0.3) is 5.91 Å². The summed E-state index contributed by atoms with van der Waals surface area (Å²) in [5, 5.41) is 3.47. The van der Waals surface area contributed by atoms with Crippen LogP contribution in [-0.4, -0.2) is 44.0 Å². The summed E-state index contributed by atoms with van der Waals surface area (Å²) in [5.74, 6) is 0.144. The number of amides is 1. The van der Waals surface area contributed by atoms with Crippen LogP contribution in [0.25, 0.3) is 10.9 Å². The second-order valence-electron chi connectivity index (χ2n) is 5.29. The third kappa shape index (κ3) is 2.76. The van der Waals surface area contributed by atoms with Gasteiger partial charge < -0.3 is 10.1 Å². The Kier molecular flexibility index (Phi) is 3.74. The molecule has 0 bridgehead atoms. The van der Waals surface area contributed by atoms with E-state index in [2.05, 4.69) is 10.3 Å². The van der Waals surface area contributed by atoms with E-state index in [1.807, 2.05) is 18.2 Å². The first-order valence-electron chi connectivity index (χ1n) is 6.93. The molecule has 0 radical (unpaired) electrons. The summed E-state index contributed by atoms with van der Waals surface area (Å²) in [5.41, 5.74) is 1.07. The van der Waals surface area contributed by atoms with E-state index >= 15 is 0 Å². The zero-order valence-electron chi connectivity index (χ0n) is 12.1. The summed E-state index contributed by atoms with van der Waals surface area (Å²) < 4.78 is 28.3. The van der Waals surface area contributed by atoms with Crippen LogP contribution >= 0.6 is 0 Å². The lowest BCUT2D eigenvalue weighted by molar-refractivity contribution is 0.0940. The Morgan fingerprint density at radius 3 is 2.82 bits per heavy atom. The second-order valence-corrected chi connectivity index (χ2v) is 7.52. The molecule has 2 heterocycles.